The Kier molecular flexibility index (Phi) is 6.04. The molecule has 0 saturated carbocycles. The number of benzene rings is 2. The van der Waals surface area contributed by atoms with Gasteiger partial charge in [0.05, 0.1) is 5.02 Å². The maximum atomic E-state index is 13.6. The molecule has 0 radical (unpaired) electrons. The average Bonchev–Trinajstić information content (AvgIpc) is 2.48. The molecule has 2 aromatic rings. The fourth-order valence-corrected chi connectivity index (χ4v) is 2.76. The van der Waals surface area contributed by atoms with Gasteiger partial charge < -0.3 is 5.32 Å². The van der Waals surface area contributed by atoms with Crippen molar-refractivity contribution in [3.05, 3.63) is 69.5 Å². The van der Waals surface area contributed by atoms with E-state index in [-0.39, 0.29) is 16.9 Å². The molecule has 0 aliphatic rings. The molecule has 0 aliphatic carbocycles. The van der Waals surface area contributed by atoms with Crippen LogP contribution in [0.5, 0.6) is 0 Å². The largest absolute Gasteiger partial charge is 0.310 e. The van der Waals surface area contributed by atoms with Gasteiger partial charge in [-0.25, -0.2) is 4.39 Å². The summed E-state index contributed by atoms with van der Waals surface area (Å²) < 4.78 is 13.6. The predicted molar refractivity (Wildman–Crippen MR) is 87.6 cm³/mol. The van der Waals surface area contributed by atoms with E-state index in [0.717, 1.165) is 24.1 Å². The zero-order chi connectivity index (χ0) is 15.2. The maximum absolute atomic E-state index is 13.6. The Morgan fingerprint density at radius 3 is 2.57 bits per heavy atom. The zero-order valence-corrected chi connectivity index (χ0v) is 13.4. The average molecular weight is 326 g/mol. The van der Waals surface area contributed by atoms with E-state index in [1.165, 1.54) is 6.07 Å². The van der Waals surface area contributed by atoms with Gasteiger partial charge in [0.25, 0.3) is 0 Å². The predicted octanol–water partition coefficient (Wildman–Crippen LogP) is 5.42. The lowest BCUT2D eigenvalue weighted by molar-refractivity contribution is 0.527. The van der Waals surface area contributed by atoms with Crippen LogP contribution in [0.4, 0.5) is 4.39 Å². The summed E-state index contributed by atoms with van der Waals surface area (Å²) in [5, 5.41) is 4.35. The summed E-state index contributed by atoms with van der Waals surface area (Å²) >= 11 is 12.4. The molecule has 0 aliphatic heterocycles. The lowest BCUT2D eigenvalue weighted by Gasteiger charge is -2.21. The third-order valence-electron chi connectivity index (χ3n) is 3.38. The highest BCUT2D eigenvalue weighted by atomic mass is 35.5. The summed E-state index contributed by atoms with van der Waals surface area (Å²) in [4.78, 5) is 0. The lowest BCUT2D eigenvalue weighted by atomic mass is 9.98. The van der Waals surface area contributed by atoms with Crippen LogP contribution in [-0.4, -0.2) is 6.54 Å². The van der Waals surface area contributed by atoms with Crippen molar-refractivity contribution in [1.29, 1.82) is 0 Å². The van der Waals surface area contributed by atoms with Crippen molar-refractivity contribution in [3.63, 3.8) is 0 Å². The number of rotatable bonds is 6. The van der Waals surface area contributed by atoms with Crippen molar-refractivity contribution in [1.82, 2.24) is 5.32 Å². The lowest BCUT2D eigenvalue weighted by Crippen LogP contribution is -2.24. The third-order valence-corrected chi connectivity index (χ3v) is 4.14. The smallest absolute Gasteiger partial charge is 0.142 e. The van der Waals surface area contributed by atoms with Gasteiger partial charge in [-0.05, 0) is 42.6 Å². The van der Waals surface area contributed by atoms with E-state index in [4.69, 9.17) is 23.2 Å². The van der Waals surface area contributed by atoms with Gasteiger partial charge in [0.1, 0.15) is 5.82 Å². The Labute approximate surface area is 135 Å². The van der Waals surface area contributed by atoms with Gasteiger partial charge in [-0.15, -0.1) is 0 Å². The first-order chi connectivity index (χ1) is 10.1. The molecule has 2 rings (SSSR count). The molecular weight excluding hydrogens is 308 g/mol. The van der Waals surface area contributed by atoms with Crippen molar-refractivity contribution in [2.75, 3.05) is 6.54 Å². The minimum Gasteiger partial charge on any atom is -0.310 e. The molecule has 1 N–H and O–H groups in total. The first-order valence-corrected chi connectivity index (χ1v) is 7.79. The van der Waals surface area contributed by atoms with E-state index in [1.54, 1.807) is 6.07 Å². The van der Waals surface area contributed by atoms with E-state index in [0.29, 0.717) is 11.4 Å². The third kappa shape index (κ3) is 4.19. The van der Waals surface area contributed by atoms with Crippen LogP contribution in [0, 0.1) is 5.82 Å². The van der Waals surface area contributed by atoms with Crippen LogP contribution in [0.2, 0.25) is 10.0 Å². The first kappa shape index (κ1) is 16.3. The highest BCUT2D eigenvalue weighted by molar-refractivity contribution is 6.31. The van der Waals surface area contributed by atoms with Crippen LogP contribution < -0.4 is 5.32 Å². The number of hydrogen-bond donors (Lipinski definition) is 1. The molecule has 0 aromatic heterocycles. The fourth-order valence-electron chi connectivity index (χ4n) is 2.29. The second kappa shape index (κ2) is 7.79. The van der Waals surface area contributed by atoms with E-state index in [1.807, 2.05) is 30.3 Å². The van der Waals surface area contributed by atoms with Gasteiger partial charge in [0.2, 0.25) is 0 Å². The van der Waals surface area contributed by atoms with E-state index in [9.17, 15) is 4.39 Å². The SMILES string of the molecule is CCCNC(Cc1cccc(F)c1Cl)c1ccccc1Cl. The summed E-state index contributed by atoms with van der Waals surface area (Å²) in [7, 11) is 0. The normalized spacial score (nSPS) is 12.4. The quantitative estimate of drug-likeness (QED) is 0.748. The van der Waals surface area contributed by atoms with E-state index < -0.39 is 0 Å². The molecule has 21 heavy (non-hydrogen) atoms. The Morgan fingerprint density at radius 1 is 1.10 bits per heavy atom. The second-order valence-corrected chi connectivity index (χ2v) is 5.73. The zero-order valence-electron chi connectivity index (χ0n) is 11.9. The van der Waals surface area contributed by atoms with E-state index in [2.05, 4.69) is 12.2 Å². The summed E-state index contributed by atoms with van der Waals surface area (Å²) in [6.07, 6.45) is 1.61. The molecular formula is C17H18Cl2FN. The minimum absolute atomic E-state index is 0.0120. The molecule has 1 unspecified atom stereocenters. The Bertz CT molecular complexity index is 601. The number of halogens is 3. The van der Waals surface area contributed by atoms with Crippen LogP contribution in [0.15, 0.2) is 42.5 Å². The Morgan fingerprint density at radius 2 is 1.86 bits per heavy atom. The first-order valence-electron chi connectivity index (χ1n) is 7.04. The monoisotopic (exact) mass is 325 g/mol. The molecule has 0 saturated heterocycles. The van der Waals surface area contributed by atoms with Crippen LogP contribution in [0.1, 0.15) is 30.5 Å². The van der Waals surface area contributed by atoms with Gasteiger partial charge >= 0.3 is 0 Å². The number of nitrogens with one attached hydrogen (secondary N) is 1. The minimum atomic E-state index is -0.387. The highest BCUT2D eigenvalue weighted by Gasteiger charge is 2.17. The van der Waals surface area contributed by atoms with Crippen molar-refractivity contribution in [3.8, 4) is 0 Å². The highest BCUT2D eigenvalue weighted by Crippen LogP contribution is 2.29. The molecule has 0 bridgehead atoms. The number of hydrogen-bond acceptors (Lipinski definition) is 1. The van der Waals surface area contributed by atoms with Crippen LogP contribution in [-0.2, 0) is 6.42 Å². The molecule has 4 heteroatoms. The van der Waals surface area contributed by atoms with Gasteiger partial charge in [-0.2, -0.15) is 0 Å². The summed E-state index contributed by atoms with van der Waals surface area (Å²) in [5.74, 6) is -0.387. The molecule has 0 amide bonds. The molecule has 112 valence electrons. The molecule has 1 atom stereocenters. The topological polar surface area (TPSA) is 12.0 Å². The van der Waals surface area contributed by atoms with Gasteiger partial charge in [0.15, 0.2) is 0 Å². The second-order valence-electron chi connectivity index (χ2n) is 4.95. The van der Waals surface area contributed by atoms with Crippen molar-refractivity contribution in [2.45, 2.75) is 25.8 Å². The van der Waals surface area contributed by atoms with Crippen molar-refractivity contribution < 1.29 is 4.39 Å². The fraction of sp³-hybridized carbons (Fsp3) is 0.294. The van der Waals surface area contributed by atoms with Crippen molar-refractivity contribution >= 4 is 23.2 Å². The van der Waals surface area contributed by atoms with Gasteiger partial charge in [0, 0.05) is 11.1 Å². The van der Waals surface area contributed by atoms with Crippen LogP contribution >= 0.6 is 23.2 Å². The standard InChI is InChI=1S/C17H18Cl2FN/c1-2-10-21-16(13-7-3-4-8-14(13)18)11-12-6-5-9-15(20)17(12)19/h3-9,16,21H,2,10-11H2,1H3. The van der Waals surface area contributed by atoms with Crippen LogP contribution in [0.25, 0.3) is 0 Å². The summed E-state index contributed by atoms with van der Waals surface area (Å²) in [6.45, 7) is 2.97. The molecule has 1 nitrogen and oxygen atoms in total. The summed E-state index contributed by atoms with van der Waals surface area (Å²) in [6, 6.07) is 12.6. The Balaban J connectivity index is 2.28. The van der Waals surface area contributed by atoms with Gasteiger partial charge in [-0.3, -0.25) is 0 Å². The molecule has 0 heterocycles. The van der Waals surface area contributed by atoms with Crippen molar-refractivity contribution in [2.24, 2.45) is 0 Å². The molecule has 2 aromatic carbocycles. The molecule has 0 spiro atoms. The van der Waals surface area contributed by atoms with Crippen LogP contribution in [0.3, 0.4) is 0 Å². The molecule has 0 fully saturated rings. The van der Waals surface area contributed by atoms with E-state index >= 15 is 0 Å². The Hall–Kier alpha value is -1.09. The van der Waals surface area contributed by atoms with Gasteiger partial charge in [-0.1, -0.05) is 60.5 Å². The maximum Gasteiger partial charge on any atom is 0.142 e. The summed E-state index contributed by atoms with van der Waals surface area (Å²) in [5.41, 5.74) is 1.79.